The first-order chi connectivity index (χ1) is 17.7. The molecule has 0 saturated heterocycles. The van der Waals surface area contributed by atoms with Gasteiger partial charge in [0.05, 0.1) is 0 Å². The van der Waals surface area contributed by atoms with Gasteiger partial charge in [-0.15, -0.1) is 0 Å². The molecular weight excluding hydrogens is 435 g/mol. The lowest BCUT2D eigenvalue weighted by Gasteiger charge is -2.31. The van der Waals surface area contributed by atoms with Crippen LogP contribution in [0.4, 0.5) is 0 Å². The number of ether oxygens (including phenoxy) is 1. The monoisotopic (exact) mass is 472 g/mol. The number of hydrogen-bond donors (Lipinski definition) is 0. The average Bonchev–Trinajstić information content (AvgIpc) is 2.94. The van der Waals surface area contributed by atoms with E-state index in [0.29, 0.717) is 5.92 Å². The van der Waals surface area contributed by atoms with E-state index in [9.17, 15) is 0 Å². The van der Waals surface area contributed by atoms with Crippen LogP contribution in [0.3, 0.4) is 0 Å². The van der Waals surface area contributed by atoms with E-state index in [4.69, 9.17) is 4.74 Å². The van der Waals surface area contributed by atoms with Crippen LogP contribution in [0.25, 0.3) is 16.2 Å². The van der Waals surface area contributed by atoms with Crippen LogP contribution >= 0.6 is 0 Å². The molecule has 4 aromatic rings. The van der Waals surface area contributed by atoms with Gasteiger partial charge in [-0.3, -0.25) is 0 Å². The highest BCUT2D eigenvalue weighted by Gasteiger charge is 2.31. The third kappa shape index (κ3) is 5.50. The summed E-state index contributed by atoms with van der Waals surface area (Å²) in [5.74, 6) is 0.618. The molecule has 5 rings (SSSR count). The molecule has 1 saturated carbocycles. The molecule has 36 heavy (non-hydrogen) atoms. The Morgan fingerprint density at radius 3 is 2.14 bits per heavy atom. The first-order valence-corrected chi connectivity index (χ1v) is 13.6. The molecule has 0 unspecified atom stereocenters. The second kappa shape index (κ2) is 11.8. The van der Waals surface area contributed by atoms with E-state index in [1.54, 1.807) is 5.57 Å². The van der Waals surface area contributed by atoms with Gasteiger partial charge in [0.15, 0.2) is 0 Å². The fraction of sp³-hybridized carbons (Fsp3) is 0.294. The van der Waals surface area contributed by atoms with Crippen molar-refractivity contribution in [2.24, 2.45) is 5.92 Å². The van der Waals surface area contributed by atoms with Gasteiger partial charge in [-0.05, 0) is 54.5 Å². The Hall–Kier alpha value is -3.10. The van der Waals surface area contributed by atoms with E-state index in [-0.39, 0.29) is 6.71 Å². The van der Waals surface area contributed by atoms with Gasteiger partial charge in [0.25, 0.3) is 0 Å². The molecular formula is C34H37BO. The average molecular weight is 472 g/mol. The molecule has 4 aromatic carbocycles. The summed E-state index contributed by atoms with van der Waals surface area (Å²) in [5.41, 5.74) is 8.45. The molecule has 1 nitrogen and oxygen atoms in total. The summed E-state index contributed by atoms with van der Waals surface area (Å²) < 4.78 is 5.69. The number of rotatable bonds is 8. The summed E-state index contributed by atoms with van der Waals surface area (Å²) in [7, 11) is 1.84. The molecule has 0 aliphatic heterocycles. The maximum Gasteiger partial charge on any atom is 0.241 e. The smallest absolute Gasteiger partial charge is 0.241 e. The predicted molar refractivity (Wildman–Crippen MR) is 157 cm³/mol. The normalized spacial score (nSPS) is 15.1. The van der Waals surface area contributed by atoms with Crippen molar-refractivity contribution in [3.8, 4) is 0 Å². The topological polar surface area (TPSA) is 9.23 Å². The predicted octanol–water partition coefficient (Wildman–Crippen LogP) is 7.37. The molecule has 1 aliphatic carbocycles. The van der Waals surface area contributed by atoms with E-state index < -0.39 is 0 Å². The Balaban J connectivity index is 1.79. The quantitative estimate of drug-likeness (QED) is 0.243. The van der Waals surface area contributed by atoms with Crippen molar-refractivity contribution in [3.05, 3.63) is 114 Å². The fourth-order valence-corrected chi connectivity index (χ4v) is 6.05. The summed E-state index contributed by atoms with van der Waals surface area (Å²) in [6.07, 6.45) is 7.56. The van der Waals surface area contributed by atoms with Gasteiger partial charge in [-0.25, -0.2) is 0 Å². The van der Waals surface area contributed by atoms with Crippen molar-refractivity contribution in [1.29, 1.82) is 0 Å². The standard InChI is InChI=1S/C34H37BO/c1-26-17-21-32(22-18-26)35(31-15-7-4-8-16-31)34(30-20-19-27-11-9-10-14-29(27)25-30)33(23-24-36-2)28-12-5-3-6-13-28/h4,7-11,14-22,25,28H,3,5-6,12-13,23-24H2,1-2H3/b34-33+. The molecule has 0 spiro atoms. The molecule has 0 heterocycles. The van der Waals surface area contributed by atoms with Crippen molar-refractivity contribution in [3.63, 3.8) is 0 Å². The van der Waals surface area contributed by atoms with E-state index in [1.165, 1.54) is 70.4 Å². The first kappa shape index (κ1) is 24.6. The molecule has 0 amide bonds. The molecule has 0 atom stereocenters. The summed E-state index contributed by atoms with van der Waals surface area (Å²) in [5, 5.41) is 2.60. The Morgan fingerprint density at radius 2 is 1.42 bits per heavy atom. The Labute approximate surface area is 217 Å². The van der Waals surface area contributed by atoms with Gasteiger partial charge in [-0.2, -0.15) is 0 Å². The Bertz CT molecular complexity index is 1300. The van der Waals surface area contributed by atoms with Crippen molar-refractivity contribution in [2.75, 3.05) is 13.7 Å². The Kier molecular flexibility index (Phi) is 8.03. The minimum atomic E-state index is 0.182. The van der Waals surface area contributed by atoms with Crippen LogP contribution in [0.2, 0.25) is 0 Å². The third-order valence-corrected chi connectivity index (χ3v) is 7.91. The van der Waals surface area contributed by atoms with Crippen molar-refractivity contribution < 1.29 is 4.74 Å². The zero-order chi connectivity index (χ0) is 24.7. The fourth-order valence-electron chi connectivity index (χ4n) is 6.05. The first-order valence-electron chi connectivity index (χ1n) is 13.6. The molecule has 1 fully saturated rings. The van der Waals surface area contributed by atoms with Crippen molar-refractivity contribution in [2.45, 2.75) is 45.4 Å². The summed E-state index contributed by atoms with van der Waals surface area (Å²) >= 11 is 0. The van der Waals surface area contributed by atoms with Crippen LogP contribution in [0.5, 0.6) is 0 Å². The van der Waals surface area contributed by atoms with E-state index in [0.717, 1.165) is 13.0 Å². The number of aryl methyl sites for hydroxylation is 1. The molecule has 2 heteroatoms. The van der Waals surface area contributed by atoms with Crippen LogP contribution in [-0.2, 0) is 4.74 Å². The third-order valence-electron chi connectivity index (χ3n) is 7.91. The SMILES string of the molecule is COCC/C(=C(\B(c1ccccc1)c1ccc(C)cc1)c1ccc2ccccc2c1)C1CCCCC1. The van der Waals surface area contributed by atoms with Crippen molar-refractivity contribution in [1.82, 2.24) is 0 Å². The van der Waals surface area contributed by atoms with Gasteiger partial charge in [-0.1, -0.05) is 138 Å². The lowest BCUT2D eigenvalue weighted by atomic mass is 9.34. The van der Waals surface area contributed by atoms with Gasteiger partial charge in [0.1, 0.15) is 0 Å². The molecule has 0 N–H and O–H groups in total. The second-order valence-corrected chi connectivity index (χ2v) is 10.3. The van der Waals surface area contributed by atoms with Gasteiger partial charge < -0.3 is 4.74 Å². The van der Waals surface area contributed by atoms with Crippen LogP contribution < -0.4 is 10.9 Å². The second-order valence-electron chi connectivity index (χ2n) is 10.3. The highest BCUT2D eigenvalue weighted by molar-refractivity contribution is 6.99. The maximum absolute atomic E-state index is 5.69. The summed E-state index contributed by atoms with van der Waals surface area (Å²) in [6.45, 7) is 3.12. The molecule has 182 valence electrons. The minimum absolute atomic E-state index is 0.182. The molecule has 0 aromatic heterocycles. The van der Waals surface area contributed by atoms with Gasteiger partial charge in [0, 0.05) is 13.7 Å². The van der Waals surface area contributed by atoms with Gasteiger partial charge >= 0.3 is 0 Å². The Morgan fingerprint density at radius 1 is 0.750 bits per heavy atom. The minimum Gasteiger partial charge on any atom is -0.384 e. The number of fused-ring (bicyclic) bond motifs is 1. The lowest BCUT2D eigenvalue weighted by Crippen LogP contribution is -2.44. The molecule has 1 aliphatic rings. The van der Waals surface area contributed by atoms with Crippen LogP contribution in [0.1, 0.15) is 49.7 Å². The van der Waals surface area contributed by atoms with E-state index in [2.05, 4.69) is 104 Å². The highest BCUT2D eigenvalue weighted by Crippen LogP contribution is 2.38. The summed E-state index contributed by atoms with van der Waals surface area (Å²) in [6, 6.07) is 36.1. The zero-order valence-electron chi connectivity index (χ0n) is 21.8. The zero-order valence-corrected chi connectivity index (χ0v) is 21.8. The largest absolute Gasteiger partial charge is 0.384 e. The highest BCUT2D eigenvalue weighted by atomic mass is 16.5. The molecule has 0 radical (unpaired) electrons. The van der Waals surface area contributed by atoms with Crippen LogP contribution in [0, 0.1) is 12.8 Å². The van der Waals surface area contributed by atoms with Gasteiger partial charge in [0.2, 0.25) is 6.71 Å². The van der Waals surface area contributed by atoms with E-state index in [1.807, 2.05) is 7.11 Å². The van der Waals surface area contributed by atoms with Crippen molar-refractivity contribution >= 4 is 33.9 Å². The summed E-state index contributed by atoms with van der Waals surface area (Å²) in [4.78, 5) is 0. The molecule has 0 bridgehead atoms. The number of benzene rings is 4. The van der Waals surface area contributed by atoms with E-state index >= 15 is 0 Å². The van der Waals surface area contributed by atoms with Crippen LogP contribution in [-0.4, -0.2) is 20.4 Å². The number of hydrogen-bond acceptors (Lipinski definition) is 1. The number of methoxy groups -OCH3 is 1. The lowest BCUT2D eigenvalue weighted by molar-refractivity contribution is 0.198. The maximum atomic E-state index is 5.69. The van der Waals surface area contributed by atoms with Crippen LogP contribution in [0.15, 0.2) is 103 Å².